The van der Waals surface area contributed by atoms with E-state index in [1.54, 1.807) is 11.1 Å². The Balaban J connectivity index is 1.82. The number of nitrogens with one attached hydrogen (secondary N) is 1. The summed E-state index contributed by atoms with van der Waals surface area (Å²) in [7, 11) is 0. The van der Waals surface area contributed by atoms with Gasteiger partial charge in [-0.15, -0.1) is 0 Å². The summed E-state index contributed by atoms with van der Waals surface area (Å²) in [6.07, 6.45) is 1.46. The topological polar surface area (TPSA) is 45.2 Å². The molecule has 2 aromatic carbocycles. The third-order valence-corrected chi connectivity index (χ3v) is 5.01. The van der Waals surface area contributed by atoms with Crippen LogP contribution in [0.5, 0.6) is 0 Å². The molecule has 0 unspecified atom stereocenters. The average Bonchev–Trinajstić information content (AvgIpc) is 2.91. The molecule has 1 aliphatic heterocycles. The molecule has 3 aromatic rings. The highest BCUT2D eigenvalue weighted by Gasteiger charge is 2.38. The number of aryl methyl sites for hydroxylation is 2. The highest BCUT2D eigenvalue weighted by atomic mass is 16.2. The van der Waals surface area contributed by atoms with Crippen molar-refractivity contribution < 1.29 is 4.79 Å². The molecule has 1 atom stereocenters. The van der Waals surface area contributed by atoms with Gasteiger partial charge in [0.25, 0.3) is 5.91 Å². The van der Waals surface area contributed by atoms with Crippen molar-refractivity contribution in [1.29, 1.82) is 0 Å². The van der Waals surface area contributed by atoms with Crippen molar-refractivity contribution in [3.05, 3.63) is 88.6 Å². The van der Waals surface area contributed by atoms with Gasteiger partial charge >= 0.3 is 0 Å². The molecule has 0 aliphatic carbocycles. The van der Waals surface area contributed by atoms with Gasteiger partial charge in [0, 0.05) is 23.0 Å². The van der Waals surface area contributed by atoms with Crippen LogP contribution in [0.4, 0.5) is 11.5 Å². The van der Waals surface area contributed by atoms with Crippen LogP contribution in [-0.4, -0.2) is 10.9 Å². The molecule has 1 aliphatic rings. The van der Waals surface area contributed by atoms with Crippen molar-refractivity contribution in [2.75, 3.05) is 10.2 Å². The molecule has 4 nitrogen and oxygen atoms in total. The van der Waals surface area contributed by atoms with Gasteiger partial charge in [-0.2, -0.15) is 0 Å². The average molecular weight is 343 g/mol. The zero-order valence-electron chi connectivity index (χ0n) is 15.2. The molecule has 4 rings (SSSR count). The first-order chi connectivity index (χ1) is 12.6. The number of nitrogens with zero attached hydrogens (tertiary/aromatic N) is 2. The van der Waals surface area contributed by atoms with E-state index in [1.165, 1.54) is 11.1 Å². The van der Waals surface area contributed by atoms with Crippen LogP contribution in [0, 0.1) is 20.8 Å². The third-order valence-electron chi connectivity index (χ3n) is 5.01. The molecule has 130 valence electrons. The number of hydrogen-bond donors (Lipinski definition) is 1. The minimum absolute atomic E-state index is 0.0264. The van der Waals surface area contributed by atoms with Crippen molar-refractivity contribution in [3.8, 4) is 0 Å². The van der Waals surface area contributed by atoms with Crippen LogP contribution in [0.3, 0.4) is 0 Å². The number of fused-ring (bicyclic) bond motifs is 1. The number of carbonyl (C=O) groups excluding carboxylic acids is 1. The SMILES string of the molecule is Cc1ccnc(N2C(=O)c3ccccc3[C@@H]2Nc2cccc(C)c2C)c1. The van der Waals surface area contributed by atoms with E-state index in [9.17, 15) is 4.79 Å². The molecular formula is C22H21N3O. The van der Waals surface area contributed by atoms with Crippen LogP contribution in [0.1, 0.15) is 38.8 Å². The largest absolute Gasteiger partial charge is 0.361 e. The molecule has 1 aromatic heterocycles. The molecule has 1 N–H and O–H groups in total. The number of hydrogen-bond acceptors (Lipinski definition) is 3. The molecule has 0 bridgehead atoms. The summed E-state index contributed by atoms with van der Waals surface area (Å²) in [4.78, 5) is 19.3. The lowest BCUT2D eigenvalue weighted by Crippen LogP contribution is -2.33. The van der Waals surface area contributed by atoms with Gasteiger partial charge in [-0.1, -0.05) is 30.3 Å². The second kappa shape index (κ2) is 6.30. The summed E-state index contributed by atoms with van der Waals surface area (Å²) in [5, 5.41) is 3.57. The van der Waals surface area contributed by atoms with Gasteiger partial charge in [0.2, 0.25) is 0 Å². The lowest BCUT2D eigenvalue weighted by molar-refractivity contribution is 0.0992. The van der Waals surface area contributed by atoms with E-state index in [1.807, 2.05) is 49.4 Å². The molecule has 26 heavy (non-hydrogen) atoms. The first-order valence-electron chi connectivity index (χ1n) is 8.74. The quantitative estimate of drug-likeness (QED) is 0.744. The predicted molar refractivity (Wildman–Crippen MR) is 105 cm³/mol. The summed E-state index contributed by atoms with van der Waals surface area (Å²) in [6, 6.07) is 17.8. The highest BCUT2D eigenvalue weighted by Crippen LogP contribution is 2.38. The number of pyridine rings is 1. The second-order valence-electron chi connectivity index (χ2n) is 6.75. The van der Waals surface area contributed by atoms with Crippen molar-refractivity contribution >= 4 is 17.4 Å². The zero-order valence-corrected chi connectivity index (χ0v) is 15.2. The maximum Gasteiger partial charge on any atom is 0.261 e. The lowest BCUT2D eigenvalue weighted by Gasteiger charge is -2.27. The Bertz CT molecular complexity index is 996. The van der Waals surface area contributed by atoms with Gasteiger partial charge in [0.05, 0.1) is 0 Å². The van der Waals surface area contributed by atoms with E-state index in [2.05, 4.69) is 36.3 Å². The Labute approximate surface area is 153 Å². The number of anilines is 2. The molecule has 4 heteroatoms. The van der Waals surface area contributed by atoms with Crippen molar-refractivity contribution in [2.45, 2.75) is 26.9 Å². The third kappa shape index (κ3) is 2.64. The van der Waals surface area contributed by atoms with E-state index in [0.29, 0.717) is 5.82 Å². The maximum atomic E-state index is 13.1. The Hall–Kier alpha value is -3.14. The molecule has 1 amide bonds. The number of amides is 1. The first-order valence-corrected chi connectivity index (χ1v) is 8.74. The van der Waals surface area contributed by atoms with Crippen LogP contribution in [0.25, 0.3) is 0 Å². The summed E-state index contributed by atoms with van der Waals surface area (Å²) < 4.78 is 0. The second-order valence-corrected chi connectivity index (χ2v) is 6.75. The van der Waals surface area contributed by atoms with Crippen molar-refractivity contribution in [1.82, 2.24) is 4.98 Å². The maximum absolute atomic E-state index is 13.1. The number of rotatable bonds is 3. The van der Waals surface area contributed by atoms with Gasteiger partial charge < -0.3 is 5.32 Å². The fourth-order valence-corrected chi connectivity index (χ4v) is 3.40. The van der Waals surface area contributed by atoms with Gasteiger partial charge in [0.15, 0.2) is 0 Å². The standard InChI is InChI=1S/C22H21N3O/c1-14-11-12-23-20(13-14)25-21(17-8-4-5-9-18(17)22(25)26)24-19-10-6-7-15(2)16(19)3/h4-13,21,24H,1-3H3/t21-/m1/s1. The monoisotopic (exact) mass is 343 g/mol. The summed E-state index contributed by atoms with van der Waals surface area (Å²) in [6.45, 7) is 6.19. The number of benzene rings is 2. The van der Waals surface area contributed by atoms with E-state index < -0.39 is 0 Å². The molecule has 0 spiro atoms. The zero-order chi connectivity index (χ0) is 18.3. The van der Waals surface area contributed by atoms with Gasteiger partial charge in [0.1, 0.15) is 12.0 Å². The molecular weight excluding hydrogens is 322 g/mol. The van der Waals surface area contributed by atoms with Crippen molar-refractivity contribution in [3.63, 3.8) is 0 Å². The Morgan fingerprint density at radius 1 is 1.00 bits per heavy atom. The Morgan fingerprint density at radius 2 is 1.81 bits per heavy atom. The van der Waals surface area contributed by atoms with Crippen LogP contribution in [0.15, 0.2) is 60.8 Å². The highest BCUT2D eigenvalue weighted by molar-refractivity contribution is 6.11. The number of aromatic nitrogens is 1. The Kier molecular flexibility index (Phi) is 3.96. The van der Waals surface area contributed by atoms with E-state index in [0.717, 1.165) is 22.4 Å². The molecule has 0 fully saturated rings. The molecule has 2 heterocycles. The van der Waals surface area contributed by atoms with Crippen molar-refractivity contribution in [2.24, 2.45) is 0 Å². The molecule has 0 saturated carbocycles. The lowest BCUT2D eigenvalue weighted by atomic mass is 10.1. The van der Waals surface area contributed by atoms with Crippen LogP contribution >= 0.6 is 0 Å². The first kappa shape index (κ1) is 16.3. The number of carbonyl (C=O) groups is 1. The summed E-state index contributed by atoms with van der Waals surface area (Å²) >= 11 is 0. The van der Waals surface area contributed by atoms with Crippen LogP contribution in [-0.2, 0) is 0 Å². The normalized spacial score (nSPS) is 15.9. The van der Waals surface area contributed by atoms with E-state index >= 15 is 0 Å². The minimum atomic E-state index is -0.284. The fourth-order valence-electron chi connectivity index (χ4n) is 3.40. The van der Waals surface area contributed by atoms with Crippen LogP contribution < -0.4 is 10.2 Å². The van der Waals surface area contributed by atoms with Gasteiger partial charge in [-0.3, -0.25) is 9.69 Å². The summed E-state index contributed by atoms with van der Waals surface area (Å²) in [5.41, 5.74) is 6.19. The van der Waals surface area contributed by atoms with Crippen LogP contribution in [0.2, 0.25) is 0 Å². The predicted octanol–water partition coefficient (Wildman–Crippen LogP) is 4.78. The molecule has 0 radical (unpaired) electrons. The van der Waals surface area contributed by atoms with E-state index in [-0.39, 0.29) is 12.1 Å². The van der Waals surface area contributed by atoms with Gasteiger partial charge in [-0.25, -0.2) is 4.98 Å². The van der Waals surface area contributed by atoms with Gasteiger partial charge in [-0.05, 0) is 61.7 Å². The minimum Gasteiger partial charge on any atom is -0.361 e. The summed E-state index contributed by atoms with van der Waals surface area (Å²) in [5.74, 6) is 0.635. The smallest absolute Gasteiger partial charge is 0.261 e. The molecule has 0 saturated heterocycles. The Morgan fingerprint density at radius 3 is 2.62 bits per heavy atom. The fraction of sp³-hybridized carbons (Fsp3) is 0.182. The van der Waals surface area contributed by atoms with E-state index in [4.69, 9.17) is 0 Å².